The number of pyridine rings is 1. The second-order valence-corrected chi connectivity index (χ2v) is 7.51. The van der Waals surface area contributed by atoms with Crippen molar-refractivity contribution in [2.24, 2.45) is 0 Å². The molecule has 27 heavy (non-hydrogen) atoms. The van der Waals surface area contributed by atoms with Gasteiger partial charge in [0.25, 0.3) is 15.9 Å². The highest BCUT2D eigenvalue weighted by Gasteiger charge is 2.17. The topological polar surface area (TPSA) is 88.2 Å². The summed E-state index contributed by atoms with van der Waals surface area (Å²) in [6, 6.07) is 13.5. The fourth-order valence-electron chi connectivity index (χ4n) is 2.19. The number of amides is 1. The summed E-state index contributed by atoms with van der Waals surface area (Å²) >= 11 is 6.05. The first kappa shape index (κ1) is 18.8. The van der Waals surface area contributed by atoms with Crippen LogP contribution in [-0.2, 0) is 10.0 Å². The van der Waals surface area contributed by atoms with Crippen LogP contribution in [0.15, 0.2) is 71.8 Å². The molecule has 0 atom stereocenters. The molecule has 2 N–H and O–H groups in total. The largest absolute Gasteiger partial charge is 0.307 e. The van der Waals surface area contributed by atoms with Gasteiger partial charge in [-0.2, -0.15) is 0 Å². The van der Waals surface area contributed by atoms with Crippen LogP contribution in [0.25, 0.3) is 0 Å². The maximum Gasteiger partial charge on any atom is 0.261 e. The molecule has 0 aliphatic heterocycles. The van der Waals surface area contributed by atoms with Crippen molar-refractivity contribution < 1.29 is 17.6 Å². The maximum atomic E-state index is 13.0. The van der Waals surface area contributed by atoms with E-state index in [0.717, 1.165) is 24.3 Å². The number of carbonyl (C=O) groups excluding carboxylic acids is 1. The van der Waals surface area contributed by atoms with Crippen LogP contribution in [0, 0.1) is 5.82 Å². The summed E-state index contributed by atoms with van der Waals surface area (Å²) in [5.74, 6) is -0.682. The van der Waals surface area contributed by atoms with E-state index in [0.29, 0.717) is 5.82 Å². The molecule has 0 aliphatic carbocycles. The van der Waals surface area contributed by atoms with Gasteiger partial charge in [0.2, 0.25) is 0 Å². The van der Waals surface area contributed by atoms with Crippen molar-refractivity contribution in [3.63, 3.8) is 0 Å². The van der Waals surface area contributed by atoms with E-state index in [1.807, 2.05) is 0 Å². The van der Waals surface area contributed by atoms with Crippen molar-refractivity contribution in [3.05, 3.63) is 83.3 Å². The molecule has 0 unspecified atom stereocenters. The van der Waals surface area contributed by atoms with Crippen molar-refractivity contribution in [2.45, 2.75) is 4.90 Å². The first-order valence-corrected chi connectivity index (χ1v) is 9.51. The predicted octanol–water partition coefficient (Wildman–Crippen LogP) is 3.93. The van der Waals surface area contributed by atoms with Gasteiger partial charge in [-0.25, -0.2) is 17.8 Å². The summed E-state index contributed by atoms with van der Waals surface area (Å²) in [6.07, 6.45) is 1.53. The van der Waals surface area contributed by atoms with Gasteiger partial charge in [-0.3, -0.25) is 9.52 Å². The lowest BCUT2D eigenvalue weighted by atomic mass is 10.2. The van der Waals surface area contributed by atoms with E-state index in [4.69, 9.17) is 11.6 Å². The van der Waals surface area contributed by atoms with E-state index in [1.165, 1.54) is 24.4 Å². The third-order valence-corrected chi connectivity index (χ3v) is 5.21. The molecule has 138 valence electrons. The summed E-state index contributed by atoms with van der Waals surface area (Å²) in [5, 5.41) is 2.70. The van der Waals surface area contributed by atoms with Gasteiger partial charge in [-0.1, -0.05) is 17.7 Å². The van der Waals surface area contributed by atoms with Crippen LogP contribution in [0.3, 0.4) is 0 Å². The van der Waals surface area contributed by atoms with Crippen LogP contribution >= 0.6 is 11.6 Å². The second-order valence-electron chi connectivity index (χ2n) is 5.42. The average Bonchev–Trinajstić information content (AvgIpc) is 2.64. The molecule has 6 nitrogen and oxygen atoms in total. The number of hydrogen-bond acceptors (Lipinski definition) is 4. The Bertz CT molecular complexity index is 1070. The van der Waals surface area contributed by atoms with Crippen molar-refractivity contribution in [2.75, 3.05) is 10.0 Å². The summed E-state index contributed by atoms with van der Waals surface area (Å²) in [7, 11) is -4.00. The lowest BCUT2D eigenvalue weighted by Gasteiger charge is -2.11. The van der Waals surface area contributed by atoms with Crippen LogP contribution in [-0.4, -0.2) is 19.3 Å². The smallest absolute Gasteiger partial charge is 0.261 e. The van der Waals surface area contributed by atoms with Crippen LogP contribution in [0.4, 0.5) is 15.9 Å². The Labute approximate surface area is 160 Å². The highest BCUT2D eigenvalue weighted by molar-refractivity contribution is 7.92. The first-order chi connectivity index (χ1) is 12.8. The van der Waals surface area contributed by atoms with E-state index < -0.39 is 21.7 Å². The van der Waals surface area contributed by atoms with Crippen LogP contribution < -0.4 is 10.0 Å². The molecule has 1 amide bonds. The minimum Gasteiger partial charge on any atom is -0.307 e. The van der Waals surface area contributed by atoms with Crippen molar-refractivity contribution in [1.29, 1.82) is 0 Å². The first-order valence-electron chi connectivity index (χ1n) is 7.65. The average molecular weight is 406 g/mol. The maximum absolute atomic E-state index is 13.0. The van der Waals surface area contributed by atoms with Crippen LogP contribution in [0.2, 0.25) is 5.02 Å². The Balaban J connectivity index is 1.85. The van der Waals surface area contributed by atoms with Crippen LogP contribution in [0.5, 0.6) is 0 Å². The Kier molecular flexibility index (Phi) is 5.38. The molecule has 0 spiro atoms. The van der Waals surface area contributed by atoms with E-state index in [9.17, 15) is 17.6 Å². The summed E-state index contributed by atoms with van der Waals surface area (Å²) < 4.78 is 40.2. The van der Waals surface area contributed by atoms with Gasteiger partial charge in [0.15, 0.2) is 0 Å². The molecule has 0 saturated heterocycles. The Morgan fingerprint density at radius 3 is 2.44 bits per heavy atom. The predicted molar refractivity (Wildman–Crippen MR) is 101 cm³/mol. The number of benzene rings is 2. The Hall–Kier alpha value is -2.97. The highest BCUT2D eigenvalue weighted by Crippen LogP contribution is 2.26. The number of anilines is 2. The van der Waals surface area contributed by atoms with Gasteiger partial charge >= 0.3 is 0 Å². The van der Waals surface area contributed by atoms with Gasteiger partial charge < -0.3 is 5.32 Å². The number of carbonyl (C=O) groups is 1. The standard InChI is InChI=1S/C18H13ClFN3O3S/c19-15-9-4-12(18(24)22-17-3-1-2-10-21-17)11-16(15)23-27(25,26)14-7-5-13(20)6-8-14/h1-11,23H,(H,21,22,24). The van der Waals surface area contributed by atoms with Crippen molar-refractivity contribution >= 4 is 39.0 Å². The monoisotopic (exact) mass is 405 g/mol. The number of nitrogens with one attached hydrogen (secondary N) is 2. The molecule has 0 radical (unpaired) electrons. The van der Waals surface area contributed by atoms with E-state index in [-0.39, 0.29) is 21.2 Å². The molecule has 3 aromatic rings. The molecule has 9 heteroatoms. The van der Waals surface area contributed by atoms with Crippen molar-refractivity contribution in [1.82, 2.24) is 4.98 Å². The Morgan fingerprint density at radius 1 is 1.04 bits per heavy atom. The van der Waals surface area contributed by atoms with E-state index in [1.54, 1.807) is 18.2 Å². The van der Waals surface area contributed by atoms with Gasteiger partial charge in [-0.05, 0) is 54.6 Å². The molecule has 1 heterocycles. The fourth-order valence-corrected chi connectivity index (χ4v) is 3.48. The summed E-state index contributed by atoms with van der Waals surface area (Å²) in [4.78, 5) is 16.2. The quantitative estimate of drug-likeness (QED) is 0.673. The minimum absolute atomic E-state index is 0.0228. The number of aromatic nitrogens is 1. The van der Waals surface area contributed by atoms with Gasteiger partial charge in [0.1, 0.15) is 11.6 Å². The SMILES string of the molecule is O=C(Nc1ccccn1)c1ccc(Cl)c(NS(=O)(=O)c2ccc(F)cc2)c1. The number of sulfonamides is 1. The molecule has 1 aromatic heterocycles. The molecule has 0 fully saturated rings. The van der Waals surface area contributed by atoms with E-state index >= 15 is 0 Å². The minimum atomic E-state index is -4.00. The molecular weight excluding hydrogens is 393 g/mol. The zero-order valence-electron chi connectivity index (χ0n) is 13.7. The normalized spacial score (nSPS) is 11.0. The zero-order valence-corrected chi connectivity index (χ0v) is 15.3. The highest BCUT2D eigenvalue weighted by atomic mass is 35.5. The van der Waals surface area contributed by atoms with Crippen LogP contribution in [0.1, 0.15) is 10.4 Å². The fraction of sp³-hybridized carbons (Fsp3) is 0. The number of hydrogen-bond donors (Lipinski definition) is 2. The molecular formula is C18H13ClFN3O3S. The number of rotatable bonds is 5. The lowest BCUT2D eigenvalue weighted by molar-refractivity contribution is 0.102. The number of halogens is 2. The Morgan fingerprint density at radius 2 is 1.78 bits per heavy atom. The van der Waals surface area contributed by atoms with Crippen molar-refractivity contribution in [3.8, 4) is 0 Å². The zero-order chi connectivity index (χ0) is 19.4. The van der Waals surface area contributed by atoms with Gasteiger partial charge in [-0.15, -0.1) is 0 Å². The lowest BCUT2D eigenvalue weighted by Crippen LogP contribution is -2.16. The van der Waals surface area contributed by atoms with Gasteiger partial charge in [0.05, 0.1) is 15.6 Å². The molecule has 0 aliphatic rings. The molecule has 3 rings (SSSR count). The molecule has 2 aromatic carbocycles. The molecule has 0 bridgehead atoms. The third kappa shape index (κ3) is 4.60. The number of nitrogens with zero attached hydrogens (tertiary/aromatic N) is 1. The van der Waals surface area contributed by atoms with E-state index in [2.05, 4.69) is 15.0 Å². The summed E-state index contributed by atoms with van der Waals surface area (Å²) in [5.41, 5.74) is 0.205. The molecule has 0 saturated carbocycles. The summed E-state index contributed by atoms with van der Waals surface area (Å²) in [6.45, 7) is 0. The second kappa shape index (κ2) is 7.73. The third-order valence-electron chi connectivity index (χ3n) is 3.50. The van der Waals surface area contributed by atoms with Gasteiger partial charge in [0, 0.05) is 11.8 Å².